The van der Waals surface area contributed by atoms with Crippen LogP contribution >= 0.6 is 0 Å². The molecule has 0 fully saturated rings. The van der Waals surface area contributed by atoms with Gasteiger partial charge in [0, 0.05) is 17.8 Å². The highest BCUT2D eigenvalue weighted by Gasteiger charge is 2.05. The van der Waals surface area contributed by atoms with Crippen LogP contribution in [0.4, 0.5) is 0 Å². The molecule has 1 aromatic carbocycles. The molecule has 0 unspecified atom stereocenters. The van der Waals surface area contributed by atoms with Gasteiger partial charge in [-0.05, 0) is 12.1 Å². The lowest BCUT2D eigenvalue weighted by Crippen LogP contribution is -2.00. The maximum Gasteiger partial charge on any atom is 0.308 e. The van der Waals surface area contributed by atoms with E-state index in [9.17, 15) is 4.79 Å². The lowest BCUT2D eigenvalue weighted by atomic mass is 10.2. The summed E-state index contributed by atoms with van der Waals surface area (Å²) in [4.78, 5) is 13.6. The number of carbonyl (C=O) groups is 1. The summed E-state index contributed by atoms with van der Waals surface area (Å²) in [6.45, 7) is 1.37. The van der Waals surface area contributed by atoms with Gasteiger partial charge in [0.2, 0.25) is 0 Å². The second-order valence-electron chi connectivity index (χ2n) is 2.72. The zero-order chi connectivity index (χ0) is 9.26. The van der Waals surface area contributed by atoms with Gasteiger partial charge in [-0.15, -0.1) is 0 Å². The molecule has 0 atom stereocenters. The van der Waals surface area contributed by atoms with Crippen LogP contribution in [0.15, 0.2) is 24.3 Å². The Morgan fingerprint density at radius 1 is 1.46 bits per heavy atom. The number of carbonyl (C=O) groups excluding carboxylic acids is 1. The Morgan fingerprint density at radius 3 is 3.00 bits per heavy atom. The van der Waals surface area contributed by atoms with E-state index in [-0.39, 0.29) is 5.97 Å². The van der Waals surface area contributed by atoms with Gasteiger partial charge in [0.1, 0.15) is 6.20 Å². The third-order valence-corrected chi connectivity index (χ3v) is 1.73. The molecular weight excluding hydrogens is 166 g/mol. The van der Waals surface area contributed by atoms with Gasteiger partial charge in [0.15, 0.2) is 5.75 Å². The van der Waals surface area contributed by atoms with Crippen molar-refractivity contribution in [3.05, 3.63) is 30.5 Å². The summed E-state index contributed by atoms with van der Waals surface area (Å²) in [5.41, 5.74) is 0.916. The molecule has 0 saturated heterocycles. The fourth-order valence-electron chi connectivity index (χ4n) is 1.21. The Bertz CT molecular complexity index is 445. The summed E-state index contributed by atoms with van der Waals surface area (Å²) in [5, 5.41) is 0.873. The van der Waals surface area contributed by atoms with Crippen LogP contribution in [0.1, 0.15) is 6.92 Å². The number of benzene rings is 1. The topological polar surface area (TPSA) is 42.1 Å². The highest BCUT2D eigenvalue weighted by Crippen LogP contribution is 2.23. The predicted molar refractivity (Wildman–Crippen MR) is 48.4 cm³/mol. The smallest absolute Gasteiger partial charge is 0.308 e. The van der Waals surface area contributed by atoms with Crippen molar-refractivity contribution < 1.29 is 9.53 Å². The number of aromatic amines is 1. The van der Waals surface area contributed by atoms with E-state index >= 15 is 0 Å². The van der Waals surface area contributed by atoms with E-state index in [1.807, 2.05) is 24.3 Å². The van der Waals surface area contributed by atoms with E-state index in [2.05, 4.69) is 11.2 Å². The molecule has 1 aromatic heterocycles. The van der Waals surface area contributed by atoms with Crippen LogP contribution in [-0.2, 0) is 4.79 Å². The Labute approximate surface area is 75.3 Å². The number of para-hydroxylation sites is 1. The molecule has 1 N–H and O–H groups in total. The second-order valence-corrected chi connectivity index (χ2v) is 2.72. The van der Waals surface area contributed by atoms with Crippen molar-refractivity contribution in [3.63, 3.8) is 0 Å². The van der Waals surface area contributed by atoms with Crippen LogP contribution in [0.2, 0.25) is 0 Å². The molecule has 0 aliphatic heterocycles. The number of esters is 1. The molecule has 65 valence electrons. The summed E-state index contributed by atoms with van der Waals surface area (Å²) < 4.78 is 4.94. The van der Waals surface area contributed by atoms with Crippen LogP contribution in [-0.4, -0.2) is 11.0 Å². The molecule has 3 nitrogen and oxygen atoms in total. The van der Waals surface area contributed by atoms with E-state index in [1.165, 1.54) is 6.92 Å². The first-order chi connectivity index (χ1) is 6.27. The number of H-pyrrole nitrogens is 1. The quantitative estimate of drug-likeness (QED) is 0.671. The minimum atomic E-state index is -0.332. The van der Waals surface area contributed by atoms with Crippen molar-refractivity contribution in [1.82, 2.24) is 4.98 Å². The SMILES string of the molecule is CC(=O)Oc1[c][nH]c2ccccc12. The Balaban J connectivity index is 2.51. The van der Waals surface area contributed by atoms with E-state index in [1.54, 1.807) is 0 Å². The van der Waals surface area contributed by atoms with Crippen LogP contribution in [0, 0.1) is 6.20 Å². The van der Waals surface area contributed by atoms with Crippen LogP contribution in [0.5, 0.6) is 5.75 Å². The average Bonchev–Trinajstić information content (AvgIpc) is 2.48. The van der Waals surface area contributed by atoms with Crippen molar-refractivity contribution in [1.29, 1.82) is 0 Å². The summed E-state index contributed by atoms with van der Waals surface area (Å²) in [5.74, 6) is 0.129. The molecule has 13 heavy (non-hydrogen) atoms. The van der Waals surface area contributed by atoms with Gasteiger partial charge in [0.25, 0.3) is 0 Å². The third-order valence-electron chi connectivity index (χ3n) is 1.73. The summed E-state index contributed by atoms with van der Waals surface area (Å²) >= 11 is 0. The number of hydrogen-bond acceptors (Lipinski definition) is 2. The van der Waals surface area contributed by atoms with Crippen molar-refractivity contribution in [2.24, 2.45) is 0 Å². The van der Waals surface area contributed by atoms with E-state index in [0.29, 0.717) is 5.75 Å². The number of aromatic nitrogens is 1. The average molecular weight is 174 g/mol. The molecule has 0 spiro atoms. The first-order valence-corrected chi connectivity index (χ1v) is 3.94. The maximum atomic E-state index is 10.7. The van der Waals surface area contributed by atoms with E-state index < -0.39 is 0 Å². The zero-order valence-electron chi connectivity index (χ0n) is 7.13. The number of nitrogens with one attached hydrogen (secondary N) is 1. The second kappa shape index (κ2) is 2.94. The normalized spacial score (nSPS) is 10.2. The molecule has 2 aromatic rings. The minimum Gasteiger partial charge on any atom is -0.424 e. The fraction of sp³-hybridized carbons (Fsp3) is 0.100. The van der Waals surface area contributed by atoms with Gasteiger partial charge in [-0.25, -0.2) is 0 Å². The third kappa shape index (κ3) is 1.40. The van der Waals surface area contributed by atoms with Gasteiger partial charge >= 0.3 is 5.97 Å². The fourth-order valence-corrected chi connectivity index (χ4v) is 1.21. The van der Waals surface area contributed by atoms with Crippen LogP contribution in [0.25, 0.3) is 10.9 Å². The van der Waals surface area contributed by atoms with E-state index in [0.717, 1.165) is 10.9 Å². The highest BCUT2D eigenvalue weighted by molar-refractivity contribution is 5.87. The zero-order valence-corrected chi connectivity index (χ0v) is 7.13. The molecule has 3 heteroatoms. The van der Waals surface area contributed by atoms with Gasteiger partial charge in [0.05, 0.1) is 0 Å². The van der Waals surface area contributed by atoms with Crippen molar-refractivity contribution >= 4 is 16.9 Å². The van der Waals surface area contributed by atoms with Gasteiger partial charge in [-0.2, -0.15) is 0 Å². The molecule has 0 aliphatic carbocycles. The van der Waals surface area contributed by atoms with Crippen LogP contribution < -0.4 is 4.74 Å². The number of fused-ring (bicyclic) bond motifs is 1. The molecule has 0 saturated carbocycles. The molecular formula is C10H8NO2. The van der Waals surface area contributed by atoms with Crippen molar-refractivity contribution in [2.45, 2.75) is 6.92 Å². The Hall–Kier alpha value is -1.77. The Morgan fingerprint density at radius 2 is 2.23 bits per heavy atom. The Kier molecular flexibility index (Phi) is 1.77. The van der Waals surface area contributed by atoms with Gasteiger partial charge in [-0.3, -0.25) is 4.79 Å². The lowest BCUT2D eigenvalue weighted by molar-refractivity contribution is -0.131. The van der Waals surface area contributed by atoms with Crippen molar-refractivity contribution in [3.8, 4) is 5.75 Å². The molecule has 0 amide bonds. The molecule has 0 bridgehead atoms. The minimum absolute atomic E-state index is 0.332. The molecule has 1 radical (unpaired) electrons. The largest absolute Gasteiger partial charge is 0.424 e. The summed E-state index contributed by atoms with van der Waals surface area (Å²) in [6, 6.07) is 7.57. The summed E-state index contributed by atoms with van der Waals surface area (Å²) in [6.07, 6.45) is 2.78. The number of hydrogen-bond donors (Lipinski definition) is 1. The maximum absolute atomic E-state index is 10.7. The van der Waals surface area contributed by atoms with Gasteiger partial charge < -0.3 is 9.72 Å². The highest BCUT2D eigenvalue weighted by atomic mass is 16.5. The predicted octanol–water partition coefficient (Wildman–Crippen LogP) is 1.89. The molecule has 1 heterocycles. The number of ether oxygens (including phenoxy) is 1. The lowest BCUT2D eigenvalue weighted by Gasteiger charge is -1.96. The first-order valence-electron chi connectivity index (χ1n) is 3.94. The van der Waals surface area contributed by atoms with Crippen molar-refractivity contribution in [2.75, 3.05) is 0 Å². The van der Waals surface area contributed by atoms with Gasteiger partial charge in [-0.1, -0.05) is 12.1 Å². The molecule has 2 rings (SSSR count). The standard InChI is InChI=1S/C10H8NO2/c1-7(12)13-10-6-11-9-5-3-2-4-8(9)10/h2-5,11H,1H3. The monoisotopic (exact) mass is 174 g/mol. The number of rotatable bonds is 1. The molecule has 0 aliphatic rings. The summed E-state index contributed by atoms with van der Waals surface area (Å²) in [7, 11) is 0. The first kappa shape index (κ1) is 7.86. The van der Waals surface area contributed by atoms with Crippen LogP contribution in [0.3, 0.4) is 0 Å². The van der Waals surface area contributed by atoms with E-state index in [4.69, 9.17) is 4.74 Å².